The zero-order valence-corrected chi connectivity index (χ0v) is 16.4. The number of hydrogen-bond acceptors (Lipinski definition) is 6. The number of anilines is 1. The van der Waals surface area contributed by atoms with E-state index in [9.17, 15) is 4.79 Å². The Kier molecular flexibility index (Phi) is 4.79. The molecule has 1 N–H and O–H groups in total. The molecule has 0 aliphatic rings. The van der Waals surface area contributed by atoms with Gasteiger partial charge in [-0.15, -0.1) is 21.5 Å². The molecule has 0 bridgehead atoms. The number of hydrogen-bond donors (Lipinski definition) is 1. The van der Waals surface area contributed by atoms with Gasteiger partial charge in [0.15, 0.2) is 0 Å². The molecule has 134 valence electrons. The minimum absolute atomic E-state index is 0.123. The number of amides is 1. The normalized spacial score (nSPS) is 10.7. The average molecular weight is 393 g/mol. The van der Waals surface area contributed by atoms with Crippen LogP contribution < -0.4 is 5.32 Å². The first kappa shape index (κ1) is 17.5. The molecule has 4 rings (SSSR count). The van der Waals surface area contributed by atoms with E-state index in [-0.39, 0.29) is 5.91 Å². The van der Waals surface area contributed by atoms with Crippen molar-refractivity contribution < 1.29 is 4.79 Å². The lowest BCUT2D eigenvalue weighted by molar-refractivity contribution is 0.102. The van der Waals surface area contributed by atoms with Crippen molar-refractivity contribution >= 4 is 33.6 Å². The van der Waals surface area contributed by atoms with Gasteiger partial charge in [0.05, 0.1) is 5.00 Å². The number of carbonyl (C=O) groups excluding carboxylic acids is 1. The number of aryl methyl sites for hydroxylation is 2. The molecule has 1 amide bonds. The summed E-state index contributed by atoms with van der Waals surface area (Å²) in [6.45, 7) is 3.96. The molecule has 0 aliphatic heterocycles. The fraction of sp³-hybridized carbons (Fsp3) is 0.100. The summed E-state index contributed by atoms with van der Waals surface area (Å²) < 4.78 is 0. The maximum absolute atomic E-state index is 12.5. The van der Waals surface area contributed by atoms with Gasteiger partial charge in [0.1, 0.15) is 10.5 Å². The van der Waals surface area contributed by atoms with Crippen LogP contribution in [0.3, 0.4) is 0 Å². The van der Waals surface area contributed by atoms with Gasteiger partial charge in [-0.2, -0.15) is 0 Å². The molecule has 0 radical (unpaired) electrons. The van der Waals surface area contributed by atoms with Crippen molar-refractivity contribution in [1.29, 1.82) is 0 Å². The highest BCUT2D eigenvalue weighted by Crippen LogP contribution is 2.36. The van der Waals surface area contributed by atoms with Gasteiger partial charge in [-0.25, -0.2) is 0 Å². The van der Waals surface area contributed by atoms with Gasteiger partial charge in [-0.05, 0) is 54.8 Å². The van der Waals surface area contributed by atoms with Crippen LogP contribution in [0.5, 0.6) is 0 Å². The van der Waals surface area contributed by atoms with E-state index in [1.54, 1.807) is 35.3 Å². The summed E-state index contributed by atoms with van der Waals surface area (Å²) in [6, 6.07) is 12.0. The maximum Gasteiger partial charge on any atom is 0.256 e. The van der Waals surface area contributed by atoms with E-state index in [4.69, 9.17) is 0 Å². The summed E-state index contributed by atoms with van der Waals surface area (Å²) in [5, 5.41) is 12.8. The van der Waals surface area contributed by atoms with E-state index < -0.39 is 0 Å². The van der Waals surface area contributed by atoms with E-state index >= 15 is 0 Å². The number of benzene rings is 1. The van der Waals surface area contributed by atoms with Gasteiger partial charge in [-0.1, -0.05) is 23.5 Å². The van der Waals surface area contributed by atoms with Crippen LogP contribution in [0.15, 0.2) is 54.3 Å². The maximum atomic E-state index is 12.5. The second-order valence-corrected chi connectivity index (χ2v) is 8.00. The van der Waals surface area contributed by atoms with Gasteiger partial charge in [0, 0.05) is 28.4 Å². The number of nitrogens with one attached hydrogen (secondary N) is 1. The lowest BCUT2D eigenvalue weighted by Crippen LogP contribution is -2.12. The Balaban J connectivity index is 1.60. The minimum atomic E-state index is -0.123. The monoisotopic (exact) mass is 392 g/mol. The summed E-state index contributed by atoms with van der Waals surface area (Å²) in [7, 11) is 0. The molecule has 0 spiro atoms. The van der Waals surface area contributed by atoms with Gasteiger partial charge in [0.2, 0.25) is 0 Å². The zero-order valence-electron chi connectivity index (χ0n) is 14.8. The molecule has 7 heteroatoms. The Labute approximate surface area is 164 Å². The minimum Gasteiger partial charge on any atom is -0.314 e. The fourth-order valence-corrected chi connectivity index (χ4v) is 4.31. The highest BCUT2D eigenvalue weighted by molar-refractivity contribution is 7.19. The standard InChI is InChI=1S/C20H16N4OS2/c1-12-3-4-14(20-24-22-11-26-20)9-16(12)17-5-6-18(27-17)23-19(25)15-7-8-21-10-13(15)2/h3-11H,1-2H3,(H,23,25). The predicted octanol–water partition coefficient (Wildman–Crippen LogP) is 5.20. The highest BCUT2D eigenvalue weighted by atomic mass is 32.1. The summed E-state index contributed by atoms with van der Waals surface area (Å²) in [4.78, 5) is 17.6. The third-order valence-corrected chi connectivity index (χ3v) is 5.99. The van der Waals surface area contributed by atoms with Crippen LogP contribution in [0, 0.1) is 13.8 Å². The van der Waals surface area contributed by atoms with Crippen molar-refractivity contribution in [2.75, 3.05) is 5.32 Å². The van der Waals surface area contributed by atoms with Crippen LogP contribution in [-0.2, 0) is 0 Å². The lowest BCUT2D eigenvalue weighted by Gasteiger charge is -2.06. The van der Waals surface area contributed by atoms with E-state index in [0.29, 0.717) is 5.56 Å². The summed E-state index contributed by atoms with van der Waals surface area (Å²) in [6.07, 6.45) is 3.32. The van der Waals surface area contributed by atoms with Crippen molar-refractivity contribution in [3.63, 3.8) is 0 Å². The van der Waals surface area contributed by atoms with E-state index in [2.05, 4.69) is 45.6 Å². The van der Waals surface area contributed by atoms with Crippen LogP contribution in [0.2, 0.25) is 0 Å². The van der Waals surface area contributed by atoms with Crippen molar-refractivity contribution in [1.82, 2.24) is 15.2 Å². The van der Waals surface area contributed by atoms with Crippen molar-refractivity contribution in [2.45, 2.75) is 13.8 Å². The van der Waals surface area contributed by atoms with Gasteiger partial charge < -0.3 is 5.32 Å². The van der Waals surface area contributed by atoms with Crippen LogP contribution in [0.25, 0.3) is 21.0 Å². The summed E-state index contributed by atoms with van der Waals surface area (Å²) >= 11 is 3.07. The van der Waals surface area contributed by atoms with Crippen molar-refractivity contribution in [2.24, 2.45) is 0 Å². The molecule has 3 heterocycles. The van der Waals surface area contributed by atoms with E-state index in [0.717, 1.165) is 31.6 Å². The Morgan fingerprint density at radius 1 is 1.07 bits per heavy atom. The van der Waals surface area contributed by atoms with Gasteiger partial charge >= 0.3 is 0 Å². The van der Waals surface area contributed by atoms with Gasteiger partial charge in [-0.3, -0.25) is 9.78 Å². The highest BCUT2D eigenvalue weighted by Gasteiger charge is 2.13. The van der Waals surface area contributed by atoms with E-state index in [1.807, 2.05) is 19.1 Å². The van der Waals surface area contributed by atoms with Crippen molar-refractivity contribution in [3.8, 4) is 21.0 Å². The molecule has 27 heavy (non-hydrogen) atoms. The lowest BCUT2D eigenvalue weighted by atomic mass is 10.0. The Hall–Kier alpha value is -2.90. The third-order valence-electron chi connectivity index (χ3n) is 4.22. The average Bonchev–Trinajstić information content (AvgIpc) is 3.34. The molecule has 1 aromatic carbocycles. The zero-order chi connectivity index (χ0) is 18.8. The Morgan fingerprint density at radius 2 is 1.96 bits per heavy atom. The third kappa shape index (κ3) is 3.65. The summed E-state index contributed by atoms with van der Waals surface area (Å²) in [5.74, 6) is -0.123. The Morgan fingerprint density at radius 3 is 2.74 bits per heavy atom. The number of nitrogens with zero attached hydrogens (tertiary/aromatic N) is 3. The smallest absolute Gasteiger partial charge is 0.256 e. The van der Waals surface area contributed by atoms with Crippen molar-refractivity contribution in [3.05, 3.63) is 71.0 Å². The van der Waals surface area contributed by atoms with Gasteiger partial charge in [0.25, 0.3) is 5.91 Å². The largest absolute Gasteiger partial charge is 0.314 e. The molecule has 0 atom stereocenters. The number of aromatic nitrogens is 3. The van der Waals surface area contributed by atoms with Crippen LogP contribution in [-0.4, -0.2) is 21.1 Å². The molecular weight excluding hydrogens is 376 g/mol. The van der Waals surface area contributed by atoms with Crippen LogP contribution in [0.4, 0.5) is 5.00 Å². The molecule has 3 aromatic heterocycles. The molecule has 4 aromatic rings. The molecule has 0 unspecified atom stereocenters. The molecule has 0 fully saturated rings. The molecule has 0 aliphatic carbocycles. The predicted molar refractivity (Wildman–Crippen MR) is 110 cm³/mol. The topological polar surface area (TPSA) is 67.8 Å². The number of rotatable bonds is 4. The quantitative estimate of drug-likeness (QED) is 0.518. The number of thiophene rings is 1. The number of pyridine rings is 1. The molecule has 5 nitrogen and oxygen atoms in total. The fourth-order valence-electron chi connectivity index (χ4n) is 2.78. The van der Waals surface area contributed by atoms with E-state index in [1.165, 1.54) is 16.9 Å². The second kappa shape index (κ2) is 7.38. The summed E-state index contributed by atoms with van der Waals surface area (Å²) in [5.41, 5.74) is 6.57. The molecule has 0 saturated heterocycles. The first-order valence-corrected chi connectivity index (χ1v) is 10.0. The second-order valence-electron chi connectivity index (χ2n) is 6.08. The Bertz CT molecular complexity index is 1100. The molecule has 0 saturated carbocycles. The molecular formula is C20H16N4OS2. The van der Waals surface area contributed by atoms with Crippen LogP contribution in [0.1, 0.15) is 21.5 Å². The van der Waals surface area contributed by atoms with Crippen LogP contribution >= 0.6 is 22.7 Å². The SMILES string of the molecule is Cc1cnccc1C(=O)Nc1ccc(-c2cc(-c3nncs3)ccc2C)s1. The first-order valence-electron chi connectivity index (χ1n) is 8.31. The first-order chi connectivity index (χ1) is 13.1. The number of carbonyl (C=O) groups is 1.